The van der Waals surface area contributed by atoms with Crippen molar-refractivity contribution >= 4 is 23.0 Å². The molecule has 0 aliphatic carbocycles. The average Bonchev–Trinajstić information content (AvgIpc) is 2.60. The number of rotatable bonds is 5. The Balaban J connectivity index is 1.48. The maximum atomic E-state index is 5.59. The van der Waals surface area contributed by atoms with Crippen molar-refractivity contribution in [2.24, 2.45) is 0 Å². The van der Waals surface area contributed by atoms with Crippen LogP contribution in [0.3, 0.4) is 0 Å². The van der Waals surface area contributed by atoms with Crippen LogP contribution in [0, 0.1) is 0 Å². The Hall–Kier alpha value is -2.27. The molecule has 4 nitrogen and oxygen atoms in total. The van der Waals surface area contributed by atoms with Crippen molar-refractivity contribution < 1.29 is 9.47 Å². The van der Waals surface area contributed by atoms with Crippen LogP contribution >= 0.6 is 12.2 Å². The predicted octanol–water partition coefficient (Wildman–Crippen LogP) is 3.77. The van der Waals surface area contributed by atoms with E-state index >= 15 is 0 Å². The molecule has 2 aromatic rings. The number of anilines is 1. The number of thiocarbonyl (C=S) groups is 1. The van der Waals surface area contributed by atoms with Gasteiger partial charge in [0.1, 0.15) is 13.2 Å². The van der Waals surface area contributed by atoms with Crippen molar-refractivity contribution in [3.63, 3.8) is 0 Å². The molecule has 24 heavy (non-hydrogen) atoms. The fraction of sp³-hybridized carbons (Fsp3) is 0.316. The van der Waals surface area contributed by atoms with E-state index in [9.17, 15) is 0 Å². The molecule has 126 valence electrons. The lowest BCUT2D eigenvalue weighted by molar-refractivity contribution is 0.171. The SMILES string of the molecule is C[C@@H](CCc1ccccc1)NC(=S)Nc1ccc2c(c1)OCCO2. The molecule has 2 N–H and O–H groups in total. The smallest absolute Gasteiger partial charge is 0.170 e. The van der Waals surface area contributed by atoms with E-state index in [-0.39, 0.29) is 0 Å². The molecule has 1 atom stereocenters. The molecule has 1 heterocycles. The molecular weight excluding hydrogens is 320 g/mol. The predicted molar refractivity (Wildman–Crippen MR) is 101 cm³/mol. The number of ether oxygens (including phenoxy) is 2. The highest BCUT2D eigenvalue weighted by molar-refractivity contribution is 7.80. The van der Waals surface area contributed by atoms with Crippen LogP contribution in [0.4, 0.5) is 5.69 Å². The molecule has 0 fully saturated rings. The van der Waals surface area contributed by atoms with Gasteiger partial charge < -0.3 is 20.1 Å². The Labute approximate surface area is 148 Å². The lowest BCUT2D eigenvalue weighted by Crippen LogP contribution is -2.36. The number of aryl methyl sites for hydroxylation is 1. The van der Waals surface area contributed by atoms with E-state index in [4.69, 9.17) is 21.7 Å². The third kappa shape index (κ3) is 4.61. The molecule has 5 heteroatoms. The molecule has 0 amide bonds. The van der Waals surface area contributed by atoms with Gasteiger partial charge in [0.25, 0.3) is 0 Å². The van der Waals surface area contributed by atoms with E-state index < -0.39 is 0 Å². The van der Waals surface area contributed by atoms with E-state index in [1.807, 2.05) is 24.3 Å². The molecule has 1 aliphatic rings. The van der Waals surface area contributed by atoms with Crippen LogP contribution < -0.4 is 20.1 Å². The van der Waals surface area contributed by atoms with Crippen LogP contribution in [0.5, 0.6) is 11.5 Å². The van der Waals surface area contributed by atoms with Crippen LogP contribution in [0.15, 0.2) is 48.5 Å². The molecular formula is C19H22N2O2S. The highest BCUT2D eigenvalue weighted by atomic mass is 32.1. The second kappa shape index (κ2) is 8.02. The number of hydrogen-bond donors (Lipinski definition) is 2. The Bertz CT molecular complexity index is 691. The summed E-state index contributed by atoms with van der Waals surface area (Å²) in [7, 11) is 0. The van der Waals surface area contributed by atoms with Crippen LogP contribution in [0.25, 0.3) is 0 Å². The maximum Gasteiger partial charge on any atom is 0.170 e. The minimum Gasteiger partial charge on any atom is -0.486 e. The van der Waals surface area contributed by atoms with Crippen molar-refractivity contribution in [2.75, 3.05) is 18.5 Å². The van der Waals surface area contributed by atoms with Gasteiger partial charge in [0, 0.05) is 17.8 Å². The van der Waals surface area contributed by atoms with Crippen molar-refractivity contribution in [1.29, 1.82) is 0 Å². The van der Waals surface area contributed by atoms with Gasteiger partial charge in [-0.2, -0.15) is 0 Å². The number of nitrogens with one attached hydrogen (secondary N) is 2. The summed E-state index contributed by atoms with van der Waals surface area (Å²) in [5.74, 6) is 1.54. The van der Waals surface area contributed by atoms with Crippen LogP contribution in [-0.2, 0) is 6.42 Å². The first-order chi connectivity index (χ1) is 11.7. The summed E-state index contributed by atoms with van der Waals surface area (Å²) < 4.78 is 11.1. The third-order valence-electron chi connectivity index (χ3n) is 3.89. The first-order valence-electron chi connectivity index (χ1n) is 8.22. The highest BCUT2D eigenvalue weighted by Gasteiger charge is 2.12. The van der Waals surface area contributed by atoms with Crippen molar-refractivity contribution in [1.82, 2.24) is 5.32 Å². The van der Waals surface area contributed by atoms with Crippen molar-refractivity contribution in [3.8, 4) is 11.5 Å². The first kappa shape index (κ1) is 16.6. The minimum absolute atomic E-state index is 0.294. The molecule has 0 radical (unpaired) electrons. The second-order valence-electron chi connectivity index (χ2n) is 5.88. The van der Waals surface area contributed by atoms with E-state index in [0.717, 1.165) is 30.0 Å². The van der Waals surface area contributed by atoms with Gasteiger partial charge in [0.05, 0.1) is 0 Å². The van der Waals surface area contributed by atoms with Gasteiger partial charge in [-0.25, -0.2) is 0 Å². The molecule has 0 unspecified atom stereocenters. The van der Waals surface area contributed by atoms with Gasteiger partial charge in [-0.15, -0.1) is 0 Å². The fourth-order valence-corrected chi connectivity index (χ4v) is 2.93. The Morgan fingerprint density at radius 1 is 1.08 bits per heavy atom. The summed E-state index contributed by atoms with van der Waals surface area (Å²) >= 11 is 5.40. The quantitative estimate of drug-likeness (QED) is 0.810. The second-order valence-corrected chi connectivity index (χ2v) is 6.29. The van der Waals surface area contributed by atoms with Crippen LogP contribution in [0.1, 0.15) is 18.9 Å². The normalized spacial score (nSPS) is 13.9. The molecule has 3 rings (SSSR count). The van der Waals surface area contributed by atoms with Gasteiger partial charge in [0.2, 0.25) is 0 Å². The van der Waals surface area contributed by atoms with Gasteiger partial charge in [-0.05, 0) is 49.7 Å². The zero-order valence-corrected chi connectivity index (χ0v) is 14.6. The largest absolute Gasteiger partial charge is 0.486 e. The molecule has 0 saturated heterocycles. The van der Waals surface area contributed by atoms with E-state index in [0.29, 0.717) is 24.4 Å². The van der Waals surface area contributed by atoms with Gasteiger partial charge >= 0.3 is 0 Å². The Morgan fingerprint density at radius 3 is 2.62 bits per heavy atom. The lowest BCUT2D eigenvalue weighted by Gasteiger charge is -2.20. The Kier molecular flexibility index (Phi) is 5.54. The number of benzene rings is 2. The number of fused-ring (bicyclic) bond motifs is 1. The van der Waals surface area contributed by atoms with Gasteiger partial charge in [0.15, 0.2) is 16.6 Å². The molecule has 1 aliphatic heterocycles. The van der Waals surface area contributed by atoms with Crippen molar-refractivity contribution in [3.05, 3.63) is 54.1 Å². The van der Waals surface area contributed by atoms with E-state index in [1.54, 1.807) is 0 Å². The standard InChI is InChI=1S/C19H22N2O2S/c1-14(7-8-15-5-3-2-4-6-15)20-19(24)21-16-9-10-17-18(13-16)23-12-11-22-17/h2-6,9-10,13-14H,7-8,11-12H2,1H3,(H2,20,21,24)/t14-/m0/s1. The first-order valence-corrected chi connectivity index (χ1v) is 8.62. The zero-order valence-electron chi connectivity index (χ0n) is 13.7. The summed E-state index contributed by atoms with van der Waals surface area (Å²) in [5.41, 5.74) is 2.24. The number of hydrogen-bond acceptors (Lipinski definition) is 3. The van der Waals surface area contributed by atoms with Gasteiger partial charge in [-0.1, -0.05) is 30.3 Å². The monoisotopic (exact) mass is 342 g/mol. The summed E-state index contributed by atoms with van der Waals surface area (Å²) in [4.78, 5) is 0. The lowest BCUT2D eigenvalue weighted by atomic mass is 10.1. The summed E-state index contributed by atoms with van der Waals surface area (Å²) in [6, 6.07) is 16.5. The summed E-state index contributed by atoms with van der Waals surface area (Å²) in [6.45, 7) is 3.31. The molecule has 0 saturated carbocycles. The zero-order chi connectivity index (χ0) is 16.8. The minimum atomic E-state index is 0.294. The van der Waals surface area contributed by atoms with Gasteiger partial charge in [-0.3, -0.25) is 0 Å². The van der Waals surface area contributed by atoms with E-state index in [2.05, 4.69) is 41.8 Å². The van der Waals surface area contributed by atoms with Crippen molar-refractivity contribution in [2.45, 2.75) is 25.8 Å². The maximum absolute atomic E-state index is 5.59. The summed E-state index contributed by atoms with van der Waals surface area (Å²) in [5, 5.41) is 7.15. The molecule has 0 spiro atoms. The topological polar surface area (TPSA) is 42.5 Å². The fourth-order valence-electron chi connectivity index (χ4n) is 2.61. The molecule has 0 aromatic heterocycles. The average molecular weight is 342 g/mol. The molecule has 2 aromatic carbocycles. The van der Waals surface area contributed by atoms with Crippen LogP contribution in [-0.4, -0.2) is 24.4 Å². The summed E-state index contributed by atoms with van der Waals surface area (Å²) in [6.07, 6.45) is 2.05. The highest BCUT2D eigenvalue weighted by Crippen LogP contribution is 2.32. The third-order valence-corrected chi connectivity index (χ3v) is 4.11. The van der Waals surface area contributed by atoms with E-state index in [1.165, 1.54) is 5.56 Å². The Morgan fingerprint density at radius 2 is 1.83 bits per heavy atom. The van der Waals surface area contributed by atoms with Crippen LogP contribution in [0.2, 0.25) is 0 Å². The molecule has 0 bridgehead atoms.